The van der Waals surface area contributed by atoms with Crippen LogP contribution in [0.5, 0.6) is 0 Å². The Hall–Kier alpha value is -0.850. The van der Waals surface area contributed by atoms with E-state index in [1.807, 2.05) is 25.7 Å². The first-order valence-corrected chi connectivity index (χ1v) is 13.2. The molecule has 1 amide bonds. The number of nitrogens with zero attached hydrogens (tertiary/aromatic N) is 3. The van der Waals surface area contributed by atoms with Gasteiger partial charge in [-0.15, -0.1) is 0 Å². The summed E-state index contributed by atoms with van der Waals surface area (Å²) in [5.74, 6) is 0. The van der Waals surface area contributed by atoms with Crippen LogP contribution in [0.25, 0.3) is 0 Å². The number of rotatable bonds is 2. The zero-order chi connectivity index (χ0) is 24.1. The molecule has 4 atom stereocenters. The largest absolute Gasteiger partial charge is 0.444 e. The van der Waals surface area contributed by atoms with E-state index >= 15 is 0 Å². The molecule has 4 aliphatic heterocycles. The van der Waals surface area contributed by atoms with Crippen LogP contribution >= 0.6 is 0 Å². The number of amides is 1. The Labute approximate surface area is 198 Å². The lowest BCUT2D eigenvalue weighted by molar-refractivity contribution is -0.00865. The van der Waals surface area contributed by atoms with Crippen molar-refractivity contribution in [2.45, 2.75) is 136 Å². The van der Waals surface area contributed by atoms with Gasteiger partial charge in [0.05, 0.1) is 0 Å². The number of carbonyl (C=O) groups is 1. The van der Waals surface area contributed by atoms with Gasteiger partial charge in [0.2, 0.25) is 0 Å². The van der Waals surface area contributed by atoms with Crippen molar-refractivity contribution < 1.29 is 9.53 Å². The van der Waals surface area contributed by atoms with E-state index in [2.05, 4.69) is 56.7 Å². The van der Waals surface area contributed by atoms with Crippen molar-refractivity contribution in [2.24, 2.45) is 0 Å². The van der Waals surface area contributed by atoms with Gasteiger partial charge in [0.15, 0.2) is 0 Å². The van der Waals surface area contributed by atoms with Crippen LogP contribution in [0.3, 0.4) is 0 Å². The molecular weight excluding hydrogens is 400 g/mol. The Morgan fingerprint density at radius 3 is 1.62 bits per heavy atom. The van der Waals surface area contributed by atoms with Gasteiger partial charge in [-0.25, -0.2) is 4.79 Å². The lowest BCUT2D eigenvalue weighted by Gasteiger charge is -2.42. The summed E-state index contributed by atoms with van der Waals surface area (Å²) in [6.07, 6.45) is 6.15. The topological polar surface area (TPSA) is 48.0 Å². The highest BCUT2D eigenvalue weighted by Crippen LogP contribution is 2.32. The lowest BCUT2D eigenvalue weighted by Crippen LogP contribution is -2.58. The Morgan fingerprint density at radius 2 is 1.25 bits per heavy atom. The second-order valence-corrected chi connectivity index (χ2v) is 11.7. The molecule has 0 spiro atoms. The van der Waals surface area contributed by atoms with E-state index in [0.717, 1.165) is 44.1 Å². The van der Waals surface area contributed by atoms with Gasteiger partial charge in [-0.1, -0.05) is 20.3 Å². The number of piperazine rings is 2. The SMILES string of the molecule is CC(C)N1CC2CCC(C1)N2.CC(C)N1CC2CCC(C1)N2C(=O)OC(C)(C)C.CCC. The Bertz CT molecular complexity index is 549. The van der Waals surface area contributed by atoms with Crippen molar-refractivity contribution in [3.05, 3.63) is 0 Å². The van der Waals surface area contributed by atoms with Gasteiger partial charge in [-0.3, -0.25) is 14.7 Å². The Morgan fingerprint density at radius 1 is 0.844 bits per heavy atom. The van der Waals surface area contributed by atoms with Gasteiger partial charge in [-0.2, -0.15) is 0 Å². The normalized spacial score (nSPS) is 30.0. The van der Waals surface area contributed by atoms with Crippen LogP contribution in [-0.4, -0.2) is 88.8 Å². The molecule has 0 aromatic carbocycles. The monoisotopic (exact) mass is 452 g/mol. The minimum Gasteiger partial charge on any atom is -0.444 e. The molecular formula is C26H52N4O2. The highest BCUT2D eigenvalue weighted by Gasteiger charge is 2.44. The van der Waals surface area contributed by atoms with Crippen molar-refractivity contribution in [2.75, 3.05) is 26.2 Å². The molecule has 4 fully saturated rings. The number of fused-ring (bicyclic) bond motifs is 4. The maximum Gasteiger partial charge on any atom is 0.410 e. The number of carbonyl (C=O) groups excluding carboxylic acids is 1. The zero-order valence-electron chi connectivity index (χ0n) is 22.5. The first-order valence-electron chi connectivity index (χ1n) is 13.2. The highest BCUT2D eigenvalue weighted by atomic mass is 16.6. The molecule has 1 N–H and O–H groups in total. The number of nitrogens with one attached hydrogen (secondary N) is 1. The average Bonchev–Trinajstić information content (AvgIpc) is 3.15. The summed E-state index contributed by atoms with van der Waals surface area (Å²) in [6, 6.07) is 3.60. The van der Waals surface area contributed by atoms with Crippen LogP contribution in [0, 0.1) is 0 Å². The molecule has 4 saturated heterocycles. The summed E-state index contributed by atoms with van der Waals surface area (Å²) in [5.41, 5.74) is -0.397. The van der Waals surface area contributed by atoms with Gasteiger partial charge < -0.3 is 10.1 Å². The summed E-state index contributed by atoms with van der Waals surface area (Å²) in [5, 5.41) is 3.63. The second kappa shape index (κ2) is 12.0. The summed E-state index contributed by atoms with van der Waals surface area (Å²) in [4.78, 5) is 19.3. The smallest absolute Gasteiger partial charge is 0.410 e. The molecule has 0 aliphatic carbocycles. The molecule has 4 rings (SSSR count). The third-order valence-corrected chi connectivity index (χ3v) is 6.82. The molecule has 6 heteroatoms. The summed E-state index contributed by atoms with van der Waals surface area (Å²) >= 11 is 0. The van der Waals surface area contributed by atoms with Crippen LogP contribution < -0.4 is 5.32 Å². The van der Waals surface area contributed by atoms with Gasteiger partial charge in [0.25, 0.3) is 0 Å². The molecule has 4 heterocycles. The summed E-state index contributed by atoms with van der Waals surface area (Å²) in [6.45, 7) is 23.6. The predicted molar refractivity (Wildman–Crippen MR) is 134 cm³/mol. The number of hydrogen-bond donors (Lipinski definition) is 1. The van der Waals surface area contributed by atoms with Crippen LogP contribution in [0.4, 0.5) is 4.79 Å². The third-order valence-electron chi connectivity index (χ3n) is 6.82. The first-order chi connectivity index (χ1) is 14.9. The van der Waals surface area contributed by atoms with Crippen molar-refractivity contribution >= 4 is 6.09 Å². The quantitative estimate of drug-likeness (QED) is 0.657. The molecule has 4 bridgehead atoms. The van der Waals surface area contributed by atoms with Gasteiger partial charge >= 0.3 is 6.09 Å². The fraction of sp³-hybridized carbons (Fsp3) is 0.962. The van der Waals surface area contributed by atoms with Crippen LogP contribution in [-0.2, 0) is 4.74 Å². The van der Waals surface area contributed by atoms with Crippen LogP contribution in [0.2, 0.25) is 0 Å². The van der Waals surface area contributed by atoms with Crippen LogP contribution in [0.15, 0.2) is 0 Å². The van der Waals surface area contributed by atoms with Crippen molar-refractivity contribution in [1.29, 1.82) is 0 Å². The summed E-state index contributed by atoms with van der Waals surface area (Å²) in [7, 11) is 0. The molecule has 0 aromatic heterocycles. The van der Waals surface area contributed by atoms with E-state index in [0.29, 0.717) is 18.1 Å². The zero-order valence-corrected chi connectivity index (χ0v) is 22.5. The maximum atomic E-state index is 12.2. The van der Waals surface area contributed by atoms with E-state index in [1.54, 1.807) is 0 Å². The molecule has 188 valence electrons. The third kappa shape index (κ3) is 7.88. The Kier molecular flexibility index (Phi) is 10.3. The standard InChI is InChI=1S/C14H26N2O2.C9H18N2.C3H8/c1-10(2)15-8-11-6-7-12(9-15)16(11)13(17)18-14(3,4)5;1-7(2)11-5-8-3-4-9(6-11)10-8;1-3-2/h10-12H,6-9H2,1-5H3;7-10H,3-6H2,1-2H3;3H2,1-2H3. The molecule has 4 unspecified atom stereocenters. The van der Waals surface area contributed by atoms with E-state index in [1.165, 1.54) is 32.4 Å². The number of likely N-dealkylation sites (tertiary alicyclic amines) is 2. The number of ether oxygens (including phenoxy) is 1. The van der Waals surface area contributed by atoms with E-state index in [-0.39, 0.29) is 6.09 Å². The molecule has 0 aromatic rings. The minimum atomic E-state index is -0.397. The van der Waals surface area contributed by atoms with E-state index in [4.69, 9.17) is 4.74 Å². The van der Waals surface area contributed by atoms with E-state index in [9.17, 15) is 4.79 Å². The first kappa shape index (κ1) is 27.4. The predicted octanol–water partition coefficient (Wildman–Crippen LogP) is 4.73. The second-order valence-electron chi connectivity index (χ2n) is 11.7. The minimum absolute atomic E-state index is 0.126. The van der Waals surface area contributed by atoms with Gasteiger partial charge in [0, 0.05) is 62.4 Å². The Balaban J connectivity index is 0.000000220. The average molecular weight is 453 g/mol. The van der Waals surface area contributed by atoms with Gasteiger partial charge in [0.1, 0.15) is 5.60 Å². The van der Waals surface area contributed by atoms with Crippen LogP contribution in [0.1, 0.15) is 94.4 Å². The highest BCUT2D eigenvalue weighted by molar-refractivity contribution is 5.69. The van der Waals surface area contributed by atoms with Crippen molar-refractivity contribution in [3.63, 3.8) is 0 Å². The fourth-order valence-electron chi connectivity index (χ4n) is 5.22. The number of hydrogen-bond acceptors (Lipinski definition) is 5. The van der Waals surface area contributed by atoms with Crippen molar-refractivity contribution in [1.82, 2.24) is 20.0 Å². The molecule has 0 radical (unpaired) electrons. The fourth-order valence-corrected chi connectivity index (χ4v) is 5.22. The molecule has 4 aliphatic rings. The lowest BCUT2D eigenvalue weighted by atomic mass is 10.1. The molecule has 6 nitrogen and oxygen atoms in total. The summed E-state index contributed by atoms with van der Waals surface area (Å²) < 4.78 is 5.52. The van der Waals surface area contributed by atoms with E-state index < -0.39 is 5.60 Å². The van der Waals surface area contributed by atoms with Gasteiger partial charge in [-0.05, 0) is 74.1 Å². The molecule has 32 heavy (non-hydrogen) atoms. The molecule has 0 saturated carbocycles. The van der Waals surface area contributed by atoms with Crippen molar-refractivity contribution in [3.8, 4) is 0 Å². The maximum absolute atomic E-state index is 12.2.